The molecular formula is C20H21BrN2O3. The van der Waals surface area contributed by atoms with Gasteiger partial charge in [-0.15, -0.1) is 0 Å². The number of methoxy groups -OCH3 is 1. The first kappa shape index (κ1) is 18.5. The molecule has 0 aliphatic carbocycles. The highest BCUT2D eigenvalue weighted by Gasteiger charge is 2.24. The fourth-order valence-electron chi connectivity index (χ4n) is 3.16. The number of carbonyl (C=O) groups is 2. The summed E-state index contributed by atoms with van der Waals surface area (Å²) >= 11 is 3.43. The zero-order valence-corrected chi connectivity index (χ0v) is 16.4. The molecule has 0 spiro atoms. The van der Waals surface area contributed by atoms with Crippen LogP contribution in [0.25, 0.3) is 0 Å². The normalized spacial score (nSPS) is 12.7. The number of benzene rings is 2. The standard InChI is InChI=1S/C20H21BrN2O3/c1-3-19(24)23-9-8-13-10-14(4-6-17(13)23)20(25)22-12-15-11-16(21)5-7-18(15)26-2/h4-7,10-11H,3,8-9,12H2,1-2H3,(H,22,25). The van der Waals surface area contributed by atoms with Gasteiger partial charge in [-0.2, -0.15) is 0 Å². The minimum Gasteiger partial charge on any atom is -0.496 e. The lowest BCUT2D eigenvalue weighted by Gasteiger charge is -2.16. The maximum absolute atomic E-state index is 12.5. The number of rotatable bonds is 5. The Morgan fingerprint density at radius 1 is 1.23 bits per heavy atom. The van der Waals surface area contributed by atoms with Crippen molar-refractivity contribution in [3.63, 3.8) is 0 Å². The number of hydrogen-bond donors (Lipinski definition) is 1. The number of hydrogen-bond acceptors (Lipinski definition) is 3. The van der Waals surface area contributed by atoms with E-state index in [2.05, 4.69) is 21.2 Å². The maximum Gasteiger partial charge on any atom is 0.251 e. The minimum atomic E-state index is -0.143. The molecule has 1 aliphatic rings. The van der Waals surface area contributed by atoms with E-state index in [0.29, 0.717) is 25.1 Å². The summed E-state index contributed by atoms with van der Waals surface area (Å²) in [5.74, 6) is 0.703. The molecule has 0 unspecified atom stereocenters. The van der Waals surface area contributed by atoms with E-state index in [1.54, 1.807) is 18.1 Å². The average Bonchev–Trinajstić information content (AvgIpc) is 3.08. The molecule has 0 saturated heterocycles. The molecule has 0 aromatic heterocycles. The van der Waals surface area contributed by atoms with Gasteiger partial charge in [0.25, 0.3) is 5.91 Å². The maximum atomic E-state index is 12.5. The molecule has 5 nitrogen and oxygen atoms in total. The van der Waals surface area contributed by atoms with E-state index in [9.17, 15) is 9.59 Å². The summed E-state index contributed by atoms with van der Waals surface area (Å²) in [6.45, 7) is 2.92. The second-order valence-electron chi connectivity index (χ2n) is 6.13. The third-order valence-corrected chi connectivity index (χ3v) is 5.02. The van der Waals surface area contributed by atoms with Gasteiger partial charge in [0.1, 0.15) is 5.75 Å². The predicted molar refractivity (Wildman–Crippen MR) is 105 cm³/mol. The van der Waals surface area contributed by atoms with E-state index in [1.165, 1.54) is 0 Å². The Morgan fingerprint density at radius 3 is 2.77 bits per heavy atom. The summed E-state index contributed by atoms with van der Waals surface area (Å²) in [6, 6.07) is 11.2. The number of anilines is 1. The van der Waals surface area contributed by atoms with Crippen LogP contribution in [0, 0.1) is 0 Å². The van der Waals surface area contributed by atoms with Gasteiger partial charge in [-0.05, 0) is 48.4 Å². The molecule has 1 heterocycles. The molecule has 3 rings (SSSR count). The second-order valence-corrected chi connectivity index (χ2v) is 7.05. The Hall–Kier alpha value is -2.34. The van der Waals surface area contributed by atoms with Gasteiger partial charge in [0.05, 0.1) is 7.11 Å². The lowest BCUT2D eigenvalue weighted by Crippen LogP contribution is -2.27. The van der Waals surface area contributed by atoms with Crippen molar-refractivity contribution in [1.82, 2.24) is 5.32 Å². The largest absolute Gasteiger partial charge is 0.496 e. The Bertz CT molecular complexity index is 851. The molecule has 1 N–H and O–H groups in total. The Morgan fingerprint density at radius 2 is 2.04 bits per heavy atom. The summed E-state index contributed by atoms with van der Waals surface area (Å²) in [7, 11) is 1.61. The molecule has 0 atom stereocenters. The molecule has 2 amide bonds. The van der Waals surface area contributed by atoms with Gasteiger partial charge in [0.2, 0.25) is 5.91 Å². The van der Waals surface area contributed by atoms with Crippen LogP contribution in [0.4, 0.5) is 5.69 Å². The van der Waals surface area contributed by atoms with Crippen LogP contribution >= 0.6 is 15.9 Å². The van der Waals surface area contributed by atoms with Crippen LogP contribution < -0.4 is 15.0 Å². The fourth-order valence-corrected chi connectivity index (χ4v) is 3.56. The second kappa shape index (κ2) is 7.91. The molecule has 26 heavy (non-hydrogen) atoms. The highest BCUT2D eigenvalue weighted by Crippen LogP contribution is 2.29. The molecule has 1 aliphatic heterocycles. The summed E-state index contributed by atoms with van der Waals surface area (Å²) < 4.78 is 6.27. The molecule has 6 heteroatoms. The Kier molecular flexibility index (Phi) is 5.61. The van der Waals surface area contributed by atoms with E-state index in [-0.39, 0.29) is 11.8 Å². The first-order valence-electron chi connectivity index (χ1n) is 8.57. The van der Waals surface area contributed by atoms with Crippen molar-refractivity contribution < 1.29 is 14.3 Å². The lowest BCUT2D eigenvalue weighted by atomic mass is 10.1. The Labute approximate surface area is 161 Å². The van der Waals surface area contributed by atoms with Crippen LogP contribution in [0.2, 0.25) is 0 Å². The van der Waals surface area contributed by atoms with Crippen molar-refractivity contribution in [3.05, 3.63) is 57.6 Å². The summed E-state index contributed by atoms with van der Waals surface area (Å²) in [6.07, 6.45) is 1.26. The monoisotopic (exact) mass is 416 g/mol. The van der Waals surface area contributed by atoms with E-state index < -0.39 is 0 Å². The summed E-state index contributed by atoms with van der Waals surface area (Å²) in [4.78, 5) is 26.3. The van der Waals surface area contributed by atoms with Crippen molar-refractivity contribution in [2.24, 2.45) is 0 Å². The van der Waals surface area contributed by atoms with Crippen molar-refractivity contribution >= 4 is 33.4 Å². The fraction of sp³-hybridized carbons (Fsp3) is 0.300. The number of fused-ring (bicyclic) bond motifs is 1. The van der Waals surface area contributed by atoms with E-state index >= 15 is 0 Å². The van der Waals surface area contributed by atoms with Gasteiger partial charge in [-0.1, -0.05) is 22.9 Å². The third-order valence-electron chi connectivity index (χ3n) is 4.52. The van der Waals surface area contributed by atoms with E-state index in [1.807, 2.05) is 37.3 Å². The molecule has 136 valence electrons. The highest BCUT2D eigenvalue weighted by atomic mass is 79.9. The van der Waals surface area contributed by atoms with Crippen LogP contribution in [0.15, 0.2) is 40.9 Å². The average molecular weight is 417 g/mol. The molecular weight excluding hydrogens is 396 g/mol. The zero-order chi connectivity index (χ0) is 18.7. The Balaban J connectivity index is 1.72. The van der Waals surface area contributed by atoms with E-state index in [4.69, 9.17) is 4.74 Å². The lowest BCUT2D eigenvalue weighted by molar-refractivity contribution is -0.118. The van der Waals surface area contributed by atoms with Crippen LogP contribution in [0.1, 0.15) is 34.8 Å². The van der Waals surface area contributed by atoms with Gasteiger partial charge in [-0.3, -0.25) is 9.59 Å². The van der Waals surface area contributed by atoms with Crippen LogP contribution in [-0.2, 0) is 17.8 Å². The van der Waals surface area contributed by atoms with E-state index in [0.717, 1.165) is 33.5 Å². The first-order chi connectivity index (χ1) is 12.5. The van der Waals surface area contributed by atoms with Crippen LogP contribution in [0.3, 0.4) is 0 Å². The minimum absolute atomic E-state index is 0.114. The van der Waals surface area contributed by atoms with Crippen molar-refractivity contribution in [1.29, 1.82) is 0 Å². The number of carbonyl (C=O) groups excluding carboxylic acids is 2. The first-order valence-corrected chi connectivity index (χ1v) is 9.36. The van der Waals surface area contributed by atoms with Gasteiger partial charge in [-0.25, -0.2) is 0 Å². The zero-order valence-electron chi connectivity index (χ0n) is 14.8. The van der Waals surface area contributed by atoms with Gasteiger partial charge < -0.3 is 15.0 Å². The smallest absolute Gasteiger partial charge is 0.251 e. The van der Waals surface area contributed by atoms with Gasteiger partial charge in [0.15, 0.2) is 0 Å². The van der Waals surface area contributed by atoms with Crippen molar-refractivity contribution in [2.45, 2.75) is 26.3 Å². The highest BCUT2D eigenvalue weighted by molar-refractivity contribution is 9.10. The third kappa shape index (κ3) is 3.75. The molecule has 0 fully saturated rings. The van der Waals surface area contributed by atoms with Crippen LogP contribution in [0.5, 0.6) is 5.75 Å². The number of halogens is 1. The molecule has 0 radical (unpaired) electrons. The molecule has 0 saturated carbocycles. The molecule has 0 bridgehead atoms. The number of ether oxygens (including phenoxy) is 1. The predicted octanol–water partition coefficient (Wildman–Crippen LogP) is 3.69. The number of nitrogens with one attached hydrogen (secondary N) is 1. The molecule has 2 aromatic rings. The van der Waals surface area contributed by atoms with Crippen LogP contribution in [-0.4, -0.2) is 25.5 Å². The summed E-state index contributed by atoms with van der Waals surface area (Å²) in [5, 5.41) is 2.93. The number of amides is 2. The SMILES string of the molecule is CCC(=O)N1CCc2cc(C(=O)NCc3cc(Br)ccc3OC)ccc21. The van der Waals surface area contributed by atoms with Crippen molar-refractivity contribution in [3.8, 4) is 5.75 Å². The van der Waals surface area contributed by atoms with Crippen molar-refractivity contribution in [2.75, 3.05) is 18.6 Å². The van der Waals surface area contributed by atoms with Gasteiger partial charge >= 0.3 is 0 Å². The molecule has 2 aromatic carbocycles. The van der Waals surface area contributed by atoms with Gasteiger partial charge in [0, 0.05) is 40.8 Å². The quantitative estimate of drug-likeness (QED) is 0.808. The number of nitrogens with zero attached hydrogens (tertiary/aromatic N) is 1. The topological polar surface area (TPSA) is 58.6 Å². The summed E-state index contributed by atoms with van der Waals surface area (Å²) in [5.41, 5.74) is 3.46.